The molecule has 1 N–H and O–H groups in total. The fourth-order valence-corrected chi connectivity index (χ4v) is 2.28. The first-order valence-electron chi connectivity index (χ1n) is 6.35. The summed E-state index contributed by atoms with van der Waals surface area (Å²) in [4.78, 5) is 21.8. The van der Waals surface area contributed by atoms with E-state index in [0.29, 0.717) is 12.3 Å². The van der Waals surface area contributed by atoms with E-state index in [1.54, 1.807) is 6.92 Å². The number of esters is 1. The Morgan fingerprint density at radius 2 is 2.18 bits per heavy atom. The third-order valence-corrected chi connectivity index (χ3v) is 3.29. The van der Waals surface area contributed by atoms with Gasteiger partial charge in [0, 0.05) is 6.42 Å². The summed E-state index contributed by atoms with van der Waals surface area (Å²) in [6.45, 7) is 3.60. The maximum atomic E-state index is 10.9. The number of carbonyl (C=O) groups excluding carboxylic acids is 2. The van der Waals surface area contributed by atoms with E-state index in [-0.39, 0.29) is 30.4 Å². The van der Waals surface area contributed by atoms with Gasteiger partial charge in [-0.1, -0.05) is 19.8 Å². The molecule has 1 aliphatic heterocycles. The maximum absolute atomic E-state index is 10.9. The molecule has 0 saturated carbocycles. The summed E-state index contributed by atoms with van der Waals surface area (Å²) in [5.74, 6) is 0.0999. The van der Waals surface area contributed by atoms with E-state index in [1.165, 1.54) is 0 Å². The second kappa shape index (κ2) is 6.74. The number of rotatable bonds is 8. The molecule has 1 rings (SSSR count). The van der Waals surface area contributed by atoms with Gasteiger partial charge in [0.1, 0.15) is 17.8 Å². The number of carbonyl (C=O) groups is 2. The zero-order chi connectivity index (χ0) is 12.8. The van der Waals surface area contributed by atoms with E-state index >= 15 is 0 Å². The van der Waals surface area contributed by atoms with Crippen molar-refractivity contribution in [3.63, 3.8) is 0 Å². The first-order chi connectivity index (χ1) is 8.04. The van der Waals surface area contributed by atoms with Gasteiger partial charge >= 0.3 is 5.97 Å². The molecule has 4 heteroatoms. The summed E-state index contributed by atoms with van der Waals surface area (Å²) < 4.78 is 4.96. The lowest BCUT2D eigenvalue weighted by Gasteiger charge is -2.33. The van der Waals surface area contributed by atoms with Crippen molar-refractivity contribution in [1.29, 1.82) is 0 Å². The lowest BCUT2D eigenvalue weighted by atomic mass is 9.91. The Balaban J connectivity index is 2.05. The lowest BCUT2D eigenvalue weighted by Crippen LogP contribution is -2.47. The number of ether oxygens (including phenoxy) is 1. The number of cyclic esters (lactones) is 1. The summed E-state index contributed by atoms with van der Waals surface area (Å²) in [5, 5.41) is 8.93. The maximum Gasteiger partial charge on any atom is 0.315 e. The van der Waals surface area contributed by atoms with Crippen molar-refractivity contribution < 1.29 is 19.4 Å². The van der Waals surface area contributed by atoms with Gasteiger partial charge in [0.25, 0.3) is 0 Å². The highest BCUT2D eigenvalue weighted by Gasteiger charge is 2.41. The van der Waals surface area contributed by atoms with Crippen LogP contribution < -0.4 is 0 Å². The van der Waals surface area contributed by atoms with Crippen LogP contribution in [0.25, 0.3) is 0 Å². The Morgan fingerprint density at radius 1 is 1.47 bits per heavy atom. The smallest absolute Gasteiger partial charge is 0.315 e. The van der Waals surface area contributed by atoms with Crippen molar-refractivity contribution in [2.24, 2.45) is 11.8 Å². The van der Waals surface area contributed by atoms with E-state index in [1.807, 2.05) is 0 Å². The third-order valence-electron chi connectivity index (χ3n) is 3.29. The van der Waals surface area contributed by atoms with Crippen molar-refractivity contribution in [3.05, 3.63) is 0 Å². The summed E-state index contributed by atoms with van der Waals surface area (Å²) in [6, 6.07) is 0. The van der Waals surface area contributed by atoms with Crippen LogP contribution in [0.15, 0.2) is 0 Å². The molecule has 0 radical (unpaired) electrons. The first-order valence-corrected chi connectivity index (χ1v) is 6.35. The molecular formula is C13H22O4. The quantitative estimate of drug-likeness (QED) is 0.519. The fraction of sp³-hybridized carbons (Fsp3) is 0.846. The minimum atomic E-state index is -0.301. The zero-order valence-corrected chi connectivity index (χ0v) is 10.6. The molecular weight excluding hydrogens is 220 g/mol. The standard InChI is InChI=1S/C13H22O4/c1-9(7-10(2)15)5-3-4-6-12-11(8-14)13(16)17-12/h9,11-12,14H,3-8H2,1-2H3/t9?,11-,12-/m1/s1. The summed E-state index contributed by atoms with van der Waals surface area (Å²) in [7, 11) is 0. The summed E-state index contributed by atoms with van der Waals surface area (Å²) in [5.41, 5.74) is 0. The fourth-order valence-electron chi connectivity index (χ4n) is 2.28. The Kier molecular flexibility index (Phi) is 5.62. The molecule has 1 aliphatic rings. The molecule has 0 aromatic carbocycles. The van der Waals surface area contributed by atoms with E-state index in [0.717, 1.165) is 25.7 Å². The van der Waals surface area contributed by atoms with Gasteiger partial charge in [-0.25, -0.2) is 0 Å². The molecule has 17 heavy (non-hydrogen) atoms. The molecule has 98 valence electrons. The van der Waals surface area contributed by atoms with E-state index < -0.39 is 0 Å². The molecule has 1 heterocycles. The van der Waals surface area contributed by atoms with E-state index in [4.69, 9.17) is 9.84 Å². The number of ketones is 1. The zero-order valence-electron chi connectivity index (χ0n) is 10.6. The van der Waals surface area contributed by atoms with Crippen LogP contribution in [0.5, 0.6) is 0 Å². The van der Waals surface area contributed by atoms with Gasteiger partial charge in [0.2, 0.25) is 0 Å². The number of Topliss-reactive ketones (excluding diaryl/α,β-unsaturated/α-hetero) is 1. The molecule has 1 fully saturated rings. The van der Waals surface area contributed by atoms with Gasteiger partial charge < -0.3 is 14.6 Å². The SMILES string of the molecule is CC(=O)CC(C)CCCC[C@H]1OC(=O)[C@@H]1CO. The van der Waals surface area contributed by atoms with E-state index in [2.05, 4.69) is 6.92 Å². The minimum Gasteiger partial charge on any atom is -0.461 e. The normalized spacial score (nSPS) is 25.0. The number of aliphatic hydroxyl groups excluding tert-OH is 1. The predicted octanol–water partition coefficient (Wildman–Crippen LogP) is 1.70. The van der Waals surface area contributed by atoms with Crippen molar-refractivity contribution in [2.75, 3.05) is 6.61 Å². The molecule has 1 unspecified atom stereocenters. The largest absolute Gasteiger partial charge is 0.461 e. The molecule has 0 aliphatic carbocycles. The van der Waals surface area contributed by atoms with Crippen LogP contribution >= 0.6 is 0 Å². The highest BCUT2D eigenvalue weighted by atomic mass is 16.6. The summed E-state index contributed by atoms with van der Waals surface area (Å²) in [6.07, 6.45) is 4.44. The van der Waals surface area contributed by atoms with E-state index in [9.17, 15) is 9.59 Å². The van der Waals surface area contributed by atoms with Gasteiger partial charge in [-0.3, -0.25) is 4.79 Å². The Morgan fingerprint density at radius 3 is 2.71 bits per heavy atom. The number of hydrogen-bond donors (Lipinski definition) is 1. The molecule has 0 bridgehead atoms. The lowest BCUT2D eigenvalue weighted by molar-refractivity contribution is -0.189. The van der Waals surface area contributed by atoms with Crippen molar-refractivity contribution in [3.8, 4) is 0 Å². The Bertz CT molecular complexity index is 275. The van der Waals surface area contributed by atoms with Crippen LogP contribution in [0.3, 0.4) is 0 Å². The average molecular weight is 242 g/mol. The highest BCUT2D eigenvalue weighted by molar-refractivity contribution is 5.78. The second-order valence-electron chi connectivity index (χ2n) is 5.06. The average Bonchev–Trinajstić information content (AvgIpc) is 2.21. The molecule has 4 nitrogen and oxygen atoms in total. The van der Waals surface area contributed by atoms with Crippen LogP contribution in [0.2, 0.25) is 0 Å². The number of aliphatic hydroxyl groups is 1. The molecule has 1 saturated heterocycles. The predicted molar refractivity (Wildman–Crippen MR) is 63.4 cm³/mol. The van der Waals surface area contributed by atoms with Crippen LogP contribution in [0.4, 0.5) is 0 Å². The van der Waals surface area contributed by atoms with Crippen molar-refractivity contribution >= 4 is 11.8 Å². The third kappa shape index (κ3) is 4.46. The Labute approximate surface area is 102 Å². The van der Waals surface area contributed by atoms with Crippen LogP contribution in [-0.2, 0) is 14.3 Å². The van der Waals surface area contributed by atoms with Crippen molar-refractivity contribution in [2.45, 2.75) is 52.1 Å². The van der Waals surface area contributed by atoms with Gasteiger partial charge in [-0.15, -0.1) is 0 Å². The Hall–Kier alpha value is -0.900. The topological polar surface area (TPSA) is 63.6 Å². The molecule has 0 amide bonds. The van der Waals surface area contributed by atoms with Gasteiger partial charge in [-0.2, -0.15) is 0 Å². The van der Waals surface area contributed by atoms with Crippen LogP contribution in [-0.4, -0.2) is 29.6 Å². The molecule has 3 atom stereocenters. The number of hydrogen-bond acceptors (Lipinski definition) is 4. The second-order valence-corrected chi connectivity index (χ2v) is 5.06. The molecule has 0 spiro atoms. The van der Waals surface area contributed by atoms with Crippen molar-refractivity contribution in [1.82, 2.24) is 0 Å². The van der Waals surface area contributed by atoms with Crippen LogP contribution in [0.1, 0.15) is 46.0 Å². The summed E-state index contributed by atoms with van der Waals surface area (Å²) >= 11 is 0. The molecule has 0 aromatic heterocycles. The minimum absolute atomic E-state index is 0.0874. The van der Waals surface area contributed by atoms with Gasteiger partial charge in [0.15, 0.2) is 0 Å². The molecule has 0 aromatic rings. The van der Waals surface area contributed by atoms with Gasteiger partial charge in [0.05, 0.1) is 6.61 Å². The first kappa shape index (κ1) is 14.2. The monoisotopic (exact) mass is 242 g/mol. The van der Waals surface area contributed by atoms with Crippen LogP contribution in [0, 0.1) is 11.8 Å². The number of unbranched alkanes of at least 4 members (excludes halogenated alkanes) is 1. The highest BCUT2D eigenvalue weighted by Crippen LogP contribution is 2.27. The van der Waals surface area contributed by atoms with Gasteiger partial charge in [-0.05, 0) is 25.7 Å².